The molecule has 0 fully saturated rings. The van der Waals surface area contributed by atoms with Gasteiger partial charge in [0.25, 0.3) is 0 Å². The third-order valence-electron chi connectivity index (χ3n) is 5.70. The molecule has 36 heavy (non-hydrogen) atoms. The zero-order valence-electron chi connectivity index (χ0n) is 21.5. The number of aryl methyl sites for hydroxylation is 2. The van der Waals surface area contributed by atoms with E-state index in [1.165, 1.54) is 5.56 Å². The summed E-state index contributed by atoms with van der Waals surface area (Å²) in [5, 5.41) is 6.54. The fourth-order valence-corrected chi connectivity index (χ4v) is 3.43. The molecule has 1 heterocycles. The predicted octanol–water partition coefficient (Wildman–Crippen LogP) is 8.29. The third kappa shape index (κ3) is 7.54. The van der Waals surface area contributed by atoms with Crippen LogP contribution in [0.5, 0.6) is 0 Å². The number of benzene rings is 3. The molecule has 4 rings (SSSR count). The Labute approximate surface area is 215 Å². The number of pyridine rings is 1. The molecular weight excluding hydrogens is 440 g/mol. The third-order valence-corrected chi connectivity index (χ3v) is 5.70. The average molecular weight is 475 g/mol. The lowest BCUT2D eigenvalue weighted by Crippen LogP contribution is -1.98. The van der Waals surface area contributed by atoms with E-state index in [2.05, 4.69) is 109 Å². The van der Waals surface area contributed by atoms with Gasteiger partial charge in [-0.2, -0.15) is 0 Å². The summed E-state index contributed by atoms with van der Waals surface area (Å²) in [5.74, 6) is 0. The van der Waals surface area contributed by atoms with Gasteiger partial charge in [-0.25, -0.2) is 0 Å². The van der Waals surface area contributed by atoms with Crippen LogP contribution in [-0.2, 0) is 0 Å². The molecule has 4 heteroatoms. The summed E-state index contributed by atoms with van der Waals surface area (Å²) < 4.78 is 0. The molecule has 0 aliphatic heterocycles. The number of hydrogen-bond acceptors (Lipinski definition) is 4. The van der Waals surface area contributed by atoms with E-state index in [1.54, 1.807) is 18.5 Å². The minimum absolute atomic E-state index is 0.873. The monoisotopic (exact) mass is 474 g/mol. The van der Waals surface area contributed by atoms with Crippen molar-refractivity contribution in [2.45, 2.75) is 20.8 Å². The van der Waals surface area contributed by atoms with Gasteiger partial charge in [0.1, 0.15) is 0 Å². The summed E-state index contributed by atoms with van der Waals surface area (Å²) in [6.07, 6.45) is 5.28. The smallest absolute Gasteiger partial charge is 0.0682 e. The van der Waals surface area contributed by atoms with Gasteiger partial charge in [-0.05, 0) is 73.4 Å². The van der Waals surface area contributed by atoms with E-state index in [-0.39, 0.29) is 0 Å². The molecule has 0 saturated carbocycles. The Balaban J connectivity index is 0.000000383. The Kier molecular flexibility index (Phi) is 9.35. The zero-order chi connectivity index (χ0) is 25.9. The van der Waals surface area contributed by atoms with E-state index >= 15 is 0 Å². The van der Waals surface area contributed by atoms with E-state index in [9.17, 15) is 0 Å². The van der Waals surface area contributed by atoms with Crippen LogP contribution in [0.15, 0.2) is 109 Å². The Morgan fingerprint density at radius 3 is 2.14 bits per heavy atom. The molecule has 0 saturated heterocycles. The molecule has 0 aliphatic carbocycles. The molecule has 4 aromatic rings. The Morgan fingerprint density at radius 1 is 0.889 bits per heavy atom. The van der Waals surface area contributed by atoms with E-state index in [1.807, 2.05) is 26.1 Å². The van der Waals surface area contributed by atoms with Gasteiger partial charge < -0.3 is 10.6 Å². The standard InChI is InChI=1S/C25H27N3.C7H7N/c1-17-6-9-21(10-7-17)19(3)27-24-13-8-18(2)25(16-24)28-20(4)22-11-14-23(26-5)15-12-22;1-2-7-4-3-5-8-6-7/h6-16,26-27H,3H2,1-2,4-5H3;2-6H,1H2. The van der Waals surface area contributed by atoms with Gasteiger partial charge in [0.05, 0.1) is 5.69 Å². The predicted molar refractivity (Wildman–Crippen MR) is 157 cm³/mol. The fraction of sp³-hybridized carbons (Fsp3) is 0.125. The first-order valence-corrected chi connectivity index (χ1v) is 11.9. The number of anilines is 2. The molecule has 0 atom stereocenters. The number of rotatable bonds is 7. The van der Waals surface area contributed by atoms with E-state index < -0.39 is 0 Å². The van der Waals surface area contributed by atoms with Gasteiger partial charge in [-0.1, -0.05) is 73.3 Å². The maximum absolute atomic E-state index is 4.86. The van der Waals surface area contributed by atoms with E-state index in [0.717, 1.165) is 50.7 Å². The fourth-order valence-electron chi connectivity index (χ4n) is 3.43. The number of nitrogens with one attached hydrogen (secondary N) is 2. The molecule has 182 valence electrons. The summed E-state index contributed by atoms with van der Waals surface area (Å²) in [7, 11) is 1.92. The van der Waals surface area contributed by atoms with Gasteiger partial charge in [0, 0.05) is 42.2 Å². The molecule has 0 radical (unpaired) electrons. The van der Waals surface area contributed by atoms with Gasteiger partial charge in [-0.15, -0.1) is 0 Å². The molecule has 0 spiro atoms. The van der Waals surface area contributed by atoms with Crippen molar-refractivity contribution in [2.75, 3.05) is 17.7 Å². The first-order chi connectivity index (χ1) is 17.4. The largest absolute Gasteiger partial charge is 0.388 e. The van der Waals surface area contributed by atoms with Crippen LogP contribution >= 0.6 is 0 Å². The quantitative estimate of drug-likeness (QED) is 0.265. The zero-order valence-corrected chi connectivity index (χ0v) is 21.5. The topological polar surface area (TPSA) is 49.3 Å². The molecule has 2 N–H and O–H groups in total. The summed E-state index contributed by atoms with van der Waals surface area (Å²) in [4.78, 5) is 8.75. The van der Waals surface area contributed by atoms with Crippen molar-refractivity contribution >= 4 is 34.5 Å². The highest BCUT2D eigenvalue weighted by Crippen LogP contribution is 2.26. The summed E-state index contributed by atoms with van der Waals surface area (Å²) in [6, 6.07) is 26.7. The van der Waals surface area contributed by atoms with Gasteiger partial charge in [0.2, 0.25) is 0 Å². The van der Waals surface area contributed by atoms with Crippen LogP contribution in [0.1, 0.15) is 34.7 Å². The molecule has 0 unspecified atom stereocenters. The number of aromatic nitrogens is 1. The van der Waals surface area contributed by atoms with Crippen LogP contribution in [0.3, 0.4) is 0 Å². The minimum Gasteiger partial charge on any atom is -0.388 e. The summed E-state index contributed by atoms with van der Waals surface area (Å²) in [6.45, 7) is 14.0. The van der Waals surface area contributed by atoms with Crippen molar-refractivity contribution in [1.82, 2.24) is 4.98 Å². The lowest BCUT2D eigenvalue weighted by atomic mass is 10.1. The van der Waals surface area contributed by atoms with Crippen LogP contribution in [-0.4, -0.2) is 17.7 Å². The number of hydrogen-bond donors (Lipinski definition) is 2. The van der Waals surface area contributed by atoms with Crippen LogP contribution in [0.25, 0.3) is 11.8 Å². The molecule has 0 aliphatic rings. The highest BCUT2D eigenvalue weighted by molar-refractivity contribution is 6.00. The van der Waals surface area contributed by atoms with Crippen LogP contribution in [0.4, 0.5) is 17.1 Å². The van der Waals surface area contributed by atoms with Crippen molar-refractivity contribution in [1.29, 1.82) is 0 Å². The van der Waals surface area contributed by atoms with E-state index in [0.29, 0.717) is 0 Å². The molecule has 0 bridgehead atoms. The van der Waals surface area contributed by atoms with Crippen LogP contribution in [0.2, 0.25) is 0 Å². The molecule has 1 aromatic heterocycles. The van der Waals surface area contributed by atoms with Gasteiger partial charge in [0.15, 0.2) is 0 Å². The maximum atomic E-state index is 4.86. The lowest BCUT2D eigenvalue weighted by molar-refractivity contribution is 1.32. The Morgan fingerprint density at radius 2 is 1.56 bits per heavy atom. The first-order valence-electron chi connectivity index (χ1n) is 11.9. The molecular formula is C32H34N4. The second-order valence-electron chi connectivity index (χ2n) is 8.49. The minimum atomic E-state index is 0.873. The molecule has 3 aromatic carbocycles. The second-order valence-corrected chi connectivity index (χ2v) is 8.49. The van der Waals surface area contributed by atoms with Crippen molar-refractivity contribution in [3.63, 3.8) is 0 Å². The second kappa shape index (κ2) is 12.9. The van der Waals surface area contributed by atoms with Crippen molar-refractivity contribution in [2.24, 2.45) is 4.99 Å². The average Bonchev–Trinajstić information content (AvgIpc) is 2.91. The molecule has 4 nitrogen and oxygen atoms in total. The van der Waals surface area contributed by atoms with Gasteiger partial charge >= 0.3 is 0 Å². The van der Waals surface area contributed by atoms with Crippen molar-refractivity contribution in [3.05, 3.63) is 132 Å². The van der Waals surface area contributed by atoms with E-state index in [4.69, 9.17) is 4.99 Å². The molecule has 0 amide bonds. The van der Waals surface area contributed by atoms with Crippen LogP contribution in [0, 0.1) is 13.8 Å². The highest BCUT2D eigenvalue weighted by Gasteiger charge is 2.05. The Bertz CT molecular complexity index is 1320. The van der Waals surface area contributed by atoms with Crippen molar-refractivity contribution in [3.8, 4) is 0 Å². The SMILES string of the molecule is C=C(Nc1ccc(C)c(N=C(C)c2ccc(NC)cc2)c1)c1ccc(C)cc1.C=Cc1cccnc1. The van der Waals surface area contributed by atoms with Crippen molar-refractivity contribution < 1.29 is 0 Å². The first kappa shape index (κ1) is 26.2. The number of nitrogens with zero attached hydrogens (tertiary/aromatic N) is 2. The highest BCUT2D eigenvalue weighted by atomic mass is 14.9. The van der Waals surface area contributed by atoms with Gasteiger partial charge in [-0.3, -0.25) is 9.98 Å². The number of aliphatic imine (C=N–C) groups is 1. The Hall–Kier alpha value is -4.44. The lowest BCUT2D eigenvalue weighted by Gasteiger charge is -2.12. The summed E-state index contributed by atoms with van der Waals surface area (Å²) >= 11 is 0. The normalized spacial score (nSPS) is 10.6. The maximum Gasteiger partial charge on any atom is 0.0682 e. The van der Waals surface area contributed by atoms with Crippen LogP contribution < -0.4 is 10.6 Å². The summed E-state index contributed by atoms with van der Waals surface area (Å²) in [5.41, 5.74) is 10.5.